The van der Waals surface area contributed by atoms with E-state index >= 15 is 0 Å². The molecule has 0 spiro atoms. The van der Waals surface area contributed by atoms with Crippen LogP contribution in [0.2, 0.25) is 0 Å². The lowest BCUT2D eigenvalue weighted by molar-refractivity contribution is 0.478. The van der Waals surface area contributed by atoms with Crippen LogP contribution in [0.5, 0.6) is 0 Å². The Morgan fingerprint density at radius 2 is 1.67 bits per heavy atom. The van der Waals surface area contributed by atoms with Gasteiger partial charge in [0.15, 0.2) is 0 Å². The number of nitrogens with zero attached hydrogens (tertiary/aromatic N) is 1. The summed E-state index contributed by atoms with van der Waals surface area (Å²) in [6, 6.07) is 9.71. The Morgan fingerprint density at radius 1 is 0.952 bits per heavy atom. The van der Waals surface area contributed by atoms with E-state index < -0.39 is 10.0 Å². The topological polar surface area (TPSA) is 49.4 Å². The molecule has 4 nitrogen and oxygen atoms in total. The lowest BCUT2D eigenvalue weighted by Crippen LogP contribution is -2.28. The van der Waals surface area contributed by atoms with Crippen LogP contribution in [-0.4, -0.2) is 25.8 Å². The maximum absolute atomic E-state index is 12.9. The number of hydrogen-bond acceptors (Lipinski definition) is 3. The number of sulfonamides is 1. The first kappa shape index (κ1) is 13.2. The largest absolute Gasteiger partial charge is 0.309 e. The van der Waals surface area contributed by atoms with Crippen LogP contribution in [0.15, 0.2) is 35.2 Å². The van der Waals surface area contributed by atoms with Crippen LogP contribution in [0.4, 0.5) is 0 Å². The molecule has 2 aliphatic rings. The third kappa shape index (κ3) is 1.99. The average Bonchev–Trinajstić information content (AvgIpc) is 3.03. The van der Waals surface area contributed by atoms with Gasteiger partial charge in [0.05, 0.1) is 4.90 Å². The Morgan fingerprint density at radius 3 is 2.43 bits per heavy atom. The van der Waals surface area contributed by atoms with Gasteiger partial charge in [-0.2, -0.15) is 4.31 Å². The van der Waals surface area contributed by atoms with Crippen molar-refractivity contribution < 1.29 is 8.42 Å². The van der Waals surface area contributed by atoms with Crippen LogP contribution in [0.3, 0.4) is 0 Å². The van der Waals surface area contributed by atoms with Gasteiger partial charge in [0, 0.05) is 31.6 Å². The molecule has 5 heteroatoms. The summed E-state index contributed by atoms with van der Waals surface area (Å²) < 4.78 is 27.4. The molecule has 1 N–H and O–H groups in total. The first-order valence-electron chi connectivity index (χ1n) is 7.42. The summed E-state index contributed by atoms with van der Waals surface area (Å²) in [4.78, 5) is 0.465. The Hall–Kier alpha value is -1.43. The highest BCUT2D eigenvalue weighted by Crippen LogP contribution is 2.33. The van der Waals surface area contributed by atoms with Crippen molar-refractivity contribution in [1.29, 1.82) is 0 Å². The van der Waals surface area contributed by atoms with Gasteiger partial charge in [-0.1, -0.05) is 24.3 Å². The normalized spacial score (nSPS) is 19.2. The molecule has 1 fully saturated rings. The minimum absolute atomic E-state index is 0.465. The highest BCUT2D eigenvalue weighted by molar-refractivity contribution is 7.89. The number of benzene rings is 2. The monoisotopic (exact) mass is 302 g/mol. The predicted octanol–water partition coefficient (Wildman–Crippen LogP) is 2.23. The minimum atomic E-state index is -3.37. The van der Waals surface area contributed by atoms with Crippen LogP contribution in [0.1, 0.15) is 24.0 Å². The van der Waals surface area contributed by atoms with Crippen molar-refractivity contribution in [1.82, 2.24) is 9.62 Å². The minimum Gasteiger partial charge on any atom is -0.309 e. The molecule has 0 aliphatic carbocycles. The molecule has 2 aromatic carbocycles. The highest BCUT2D eigenvalue weighted by Gasteiger charge is 2.29. The summed E-state index contributed by atoms with van der Waals surface area (Å²) in [6.45, 7) is 2.90. The van der Waals surface area contributed by atoms with E-state index in [0.29, 0.717) is 18.0 Å². The van der Waals surface area contributed by atoms with Crippen molar-refractivity contribution in [3.05, 3.63) is 41.5 Å². The van der Waals surface area contributed by atoms with E-state index in [2.05, 4.69) is 11.4 Å². The summed E-state index contributed by atoms with van der Waals surface area (Å²) >= 11 is 0. The quantitative estimate of drug-likeness (QED) is 0.925. The molecule has 0 saturated carbocycles. The maximum atomic E-state index is 12.9. The number of hydrogen-bond donors (Lipinski definition) is 1. The molecule has 110 valence electrons. The first-order chi connectivity index (χ1) is 10.2. The second-order valence-corrected chi connectivity index (χ2v) is 7.68. The van der Waals surface area contributed by atoms with Gasteiger partial charge in [-0.25, -0.2) is 8.42 Å². The van der Waals surface area contributed by atoms with Crippen LogP contribution in [0, 0.1) is 0 Å². The second kappa shape index (κ2) is 4.80. The van der Waals surface area contributed by atoms with Crippen LogP contribution in [-0.2, 0) is 23.1 Å². The molecule has 0 radical (unpaired) electrons. The van der Waals surface area contributed by atoms with E-state index in [9.17, 15) is 8.42 Å². The summed E-state index contributed by atoms with van der Waals surface area (Å²) in [7, 11) is -3.37. The Balaban J connectivity index is 1.97. The molecule has 1 saturated heterocycles. The van der Waals surface area contributed by atoms with Crippen molar-refractivity contribution in [2.75, 3.05) is 13.1 Å². The van der Waals surface area contributed by atoms with Gasteiger partial charge in [-0.15, -0.1) is 0 Å². The van der Waals surface area contributed by atoms with Crippen molar-refractivity contribution in [3.8, 4) is 0 Å². The van der Waals surface area contributed by atoms with Crippen LogP contribution >= 0.6 is 0 Å². The van der Waals surface area contributed by atoms with Gasteiger partial charge >= 0.3 is 0 Å². The molecule has 2 aromatic rings. The van der Waals surface area contributed by atoms with Gasteiger partial charge in [-0.05, 0) is 35.4 Å². The predicted molar refractivity (Wildman–Crippen MR) is 82.5 cm³/mol. The highest BCUT2D eigenvalue weighted by atomic mass is 32.2. The number of nitrogens with one attached hydrogen (secondary N) is 1. The second-order valence-electron chi connectivity index (χ2n) is 5.78. The van der Waals surface area contributed by atoms with Gasteiger partial charge in [-0.3, -0.25) is 0 Å². The fourth-order valence-corrected chi connectivity index (χ4v) is 5.16. The standard InChI is InChI=1S/C16H18N2O2S/c19-21(20,18-8-1-2-9-18)15-7-6-13-11-17-10-12-4-3-5-14(15)16(12)13/h3-7,17H,1-2,8-11H2. The van der Waals surface area contributed by atoms with Gasteiger partial charge in [0.1, 0.15) is 0 Å². The molecule has 0 unspecified atom stereocenters. The molecule has 0 amide bonds. The average molecular weight is 302 g/mol. The molecular formula is C16H18N2O2S. The van der Waals surface area contributed by atoms with E-state index in [1.807, 2.05) is 18.2 Å². The van der Waals surface area contributed by atoms with Crippen LogP contribution in [0.25, 0.3) is 10.8 Å². The van der Waals surface area contributed by atoms with E-state index in [1.165, 1.54) is 11.1 Å². The van der Waals surface area contributed by atoms with Crippen molar-refractivity contribution in [2.45, 2.75) is 30.8 Å². The summed E-state index contributed by atoms with van der Waals surface area (Å²) in [5, 5.41) is 5.35. The molecule has 0 atom stereocenters. The van der Waals surface area contributed by atoms with Crippen molar-refractivity contribution >= 4 is 20.8 Å². The Kier molecular flexibility index (Phi) is 3.03. The number of rotatable bonds is 2. The van der Waals surface area contributed by atoms with Crippen LogP contribution < -0.4 is 5.32 Å². The maximum Gasteiger partial charge on any atom is 0.243 e. The molecule has 0 aromatic heterocycles. The smallest absolute Gasteiger partial charge is 0.243 e. The van der Waals surface area contributed by atoms with E-state index in [0.717, 1.165) is 36.7 Å². The lowest BCUT2D eigenvalue weighted by Gasteiger charge is -2.22. The first-order valence-corrected chi connectivity index (χ1v) is 8.86. The molecule has 2 heterocycles. The molecule has 2 aliphatic heterocycles. The fraction of sp³-hybridized carbons (Fsp3) is 0.375. The van der Waals surface area contributed by atoms with Gasteiger partial charge in [0.25, 0.3) is 0 Å². The van der Waals surface area contributed by atoms with Gasteiger partial charge < -0.3 is 5.32 Å². The Bertz CT molecular complexity index is 798. The zero-order chi connectivity index (χ0) is 14.4. The third-order valence-corrected chi connectivity index (χ3v) is 6.44. The molecular weight excluding hydrogens is 284 g/mol. The zero-order valence-corrected chi connectivity index (χ0v) is 12.6. The summed E-state index contributed by atoms with van der Waals surface area (Å²) in [6.07, 6.45) is 1.93. The molecule has 0 bridgehead atoms. The third-order valence-electron chi connectivity index (χ3n) is 4.49. The van der Waals surface area contributed by atoms with E-state index in [1.54, 1.807) is 10.4 Å². The SMILES string of the molecule is O=S(=O)(c1ccc2c3c(cccc13)CNC2)N1CCCC1. The summed E-state index contributed by atoms with van der Waals surface area (Å²) in [5.74, 6) is 0. The van der Waals surface area contributed by atoms with E-state index in [4.69, 9.17) is 0 Å². The zero-order valence-electron chi connectivity index (χ0n) is 11.8. The lowest BCUT2D eigenvalue weighted by atomic mass is 9.96. The Labute approximate surface area is 124 Å². The molecule has 21 heavy (non-hydrogen) atoms. The van der Waals surface area contributed by atoms with Gasteiger partial charge in [0.2, 0.25) is 10.0 Å². The van der Waals surface area contributed by atoms with Crippen molar-refractivity contribution in [2.24, 2.45) is 0 Å². The van der Waals surface area contributed by atoms with E-state index in [-0.39, 0.29) is 0 Å². The summed E-state index contributed by atoms with van der Waals surface area (Å²) in [5.41, 5.74) is 2.37. The van der Waals surface area contributed by atoms with Crippen molar-refractivity contribution in [3.63, 3.8) is 0 Å². The fourth-order valence-electron chi connectivity index (χ4n) is 3.45. The molecule has 4 rings (SSSR count).